The molecule has 3 aliphatic rings. The average molecular weight is 605 g/mol. The van der Waals surface area contributed by atoms with E-state index in [4.69, 9.17) is 14.6 Å². The van der Waals surface area contributed by atoms with Crippen molar-refractivity contribution in [2.75, 3.05) is 25.5 Å². The van der Waals surface area contributed by atoms with Gasteiger partial charge in [0.1, 0.15) is 5.75 Å². The van der Waals surface area contributed by atoms with E-state index in [1.807, 2.05) is 18.2 Å². The van der Waals surface area contributed by atoms with Crippen LogP contribution in [0.1, 0.15) is 53.1 Å². The molecule has 3 N–H and O–H groups in total. The van der Waals surface area contributed by atoms with Gasteiger partial charge in [-0.25, -0.2) is 4.79 Å². The van der Waals surface area contributed by atoms with Crippen molar-refractivity contribution in [3.05, 3.63) is 88.6 Å². The third kappa shape index (κ3) is 5.67. The number of anilines is 1. The Bertz CT molecular complexity index is 1740. The minimum Gasteiger partial charge on any atom is -0.497 e. The van der Waals surface area contributed by atoms with Crippen LogP contribution in [0.15, 0.2) is 60.7 Å². The van der Waals surface area contributed by atoms with Crippen LogP contribution in [-0.4, -0.2) is 58.5 Å². The fourth-order valence-corrected chi connectivity index (χ4v) is 6.21. The van der Waals surface area contributed by atoms with Crippen molar-refractivity contribution in [1.29, 1.82) is 0 Å². The Morgan fingerprint density at radius 2 is 1.82 bits per heavy atom. The number of aromatic amines is 1. The molecule has 7 rings (SSSR count). The number of rotatable bonds is 6. The van der Waals surface area contributed by atoms with Gasteiger partial charge in [0.25, 0.3) is 0 Å². The zero-order valence-corrected chi connectivity index (χ0v) is 23.9. The molecular weight excluding hydrogens is 573 g/mol. The van der Waals surface area contributed by atoms with E-state index in [1.165, 1.54) is 37.1 Å². The number of benzene rings is 3. The number of amides is 1. The van der Waals surface area contributed by atoms with Crippen LogP contribution in [0.2, 0.25) is 0 Å². The summed E-state index contributed by atoms with van der Waals surface area (Å²) in [5, 5.41) is 19.0. The zero-order valence-electron chi connectivity index (χ0n) is 23.9. The Balaban J connectivity index is 0.000000441. The largest absolute Gasteiger partial charge is 0.497 e. The first-order chi connectivity index (χ1) is 21.1. The van der Waals surface area contributed by atoms with Crippen molar-refractivity contribution in [3.8, 4) is 5.75 Å². The number of nitrogens with one attached hydrogen (secondary N) is 2. The molecule has 2 fully saturated rings. The van der Waals surface area contributed by atoms with Crippen molar-refractivity contribution in [1.82, 2.24) is 15.1 Å². The highest BCUT2D eigenvalue weighted by molar-refractivity contribution is 6.10. The van der Waals surface area contributed by atoms with Crippen LogP contribution in [0.3, 0.4) is 0 Å². The van der Waals surface area contributed by atoms with Crippen LogP contribution in [-0.2, 0) is 21.5 Å². The number of carboxylic acid groups (broad SMARTS) is 1. The Hall–Kier alpha value is -4.64. The number of methoxy groups -OCH3 is 1. The van der Waals surface area contributed by atoms with Crippen molar-refractivity contribution in [2.45, 2.75) is 43.3 Å². The first kappa shape index (κ1) is 29.4. The van der Waals surface area contributed by atoms with E-state index in [0.29, 0.717) is 0 Å². The fourth-order valence-electron chi connectivity index (χ4n) is 6.21. The molecule has 0 radical (unpaired) electrons. The summed E-state index contributed by atoms with van der Waals surface area (Å²) in [7, 11) is 1.66. The van der Waals surface area contributed by atoms with Crippen LogP contribution in [0, 0.1) is 0 Å². The number of carbonyl (C=O) groups is 2. The second-order valence-electron chi connectivity index (χ2n) is 11.4. The lowest BCUT2D eigenvalue weighted by molar-refractivity contribution is -0.192. The van der Waals surface area contributed by atoms with E-state index in [2.05, 4.69) is 75.0 Å². The lowest BCUT2D eigenvalue weighted by Crippen LogP contribution is -2.21. The smallest absolute Gasteiger partial charge is 0.490 e. The number of hydrogen-bond acceptors (Lipinski definition) is 5. The number of aromatic nitrogens is 2. The third-order valence-corrected chi connectivity index (χ3v) is 8.60. The first-order valence-electron chi connectivity index (χ1n) is 14.4. The van der Waals surface area contributed by atoms with E-state index < -0.39 is 17.6 Å². The molecule has 0 unspecified atom stereocenters. The van der Waals surface area contributed by atoms with Gasteiger partial charge in [-0.15, -0.1) is 0 Å². The maximum Gasteiger partial charge on any atom is 0.490 e. The molecule has 1 aliphatic carbocycles. The standard InChI is InChI=1S/C31H30N4O2.C2HF3O2/c1-37-23-10-13-28-25(17-23)31(30(36)32-28)18-26(31)22-9-11-24-27(33-34-29(24)16-22)12-8-20-4-6-21(7-5-20)19-35-14-2-3-15-35;3-2(4,5)1(6)7/h4-13,16-17,26H,2-3,14-15,18-19H2,1H3,(H,32,36)(H,33,34);(H,6,7)/t26-,31-;/m0./s1. The Morgan fingerprint density at radius 3 is 2.50 bits per heavy atom. The molecule has 3 aromatic carbocycles. The second-order valence-corrected chi connectivity index (χ2v) is 11.4. The molecule has 2 aliphatic heterocycles. The monoisotopic (exact) mass is 604 g/mol. The minimum atomic E-state index is -5.08. The van der Waals surface area contributed by atoms with Crippen LogP contribution < -0.4 is 10.1 Å². The highest BCUT2D eigenvalue weighted by Crippen LogP contribution is 2.65. The molecule has 44 heavy (non-hydrogen) atoms. The number of hydrogen-bond donors (Lipinski definition) is 3. The molecule has 8 nitrogen and oxygen atoms in total. The molecule has 11 heteroatoms. The molecule has 1 saturated heterocycles. The summed E-state index contributed by atoms with van der Waals surface area (Å²) in [4.78, 5) is 24.4. The Morgan fingerprint density at radius 1 is 1.09 bits per heavy atom. The van der Waals surface area contributed by atoms with Crippen LogP contribution in [0.5, 0.6) is 5.75 Å². The zero-order chi connectivity index (χ0) is 31.1. The van der Waals surface area contributed by atoms with Gasteiger partial charge in [-0.2, -0.15) is 18.3 Å². The molecular formula is C33H31F3N4O4. The maximum absolute atomic E-state index is 13.0. The summed E-state index contributed by atoms with van der Waals surface area (Å²) in [6, 6.07) is 21.1. The van der Waals surface area contributed by atoms with Gasteiger partial charge in [0.15, 0.2) is 0 Å². The van der Waals surface area contributed by atoms with Gasteiger partial charge < -0.3 is 15.2 Å². The summed E-state index contributed by atoms with van der Waals surface area (Å²) in [6.07, 6.45) is 2.55. The van der Waals surface area contributed by atoms with Gasteiger partial charge in [-0.3, -0.25) is 14.8 Å². The third-order valence-electron chi connectivity index (χ3n) is 8.60. The maximum atomic E-state index is 13.0. The lowest BCUT2D eigenvalue weighted by Gasteiger charge is -2.14. The number of ether oxygens (including phenoxy) is 1. The van der Waals surface area contributed by atoms with Crippen molar-refractivity contribution in [3.63, 3.8) is 0 Å². The van der Waals surface area contributed by atoms with Crippen LogP contribution >= 0.6 is 0 Å². The minimum absolute atomic E-state index is 0.0838. The summed E-state index contributed by atoms with van der Waals surface area (Å²) < 4.78 is 37.2. The topological polar surface area (TPSA) is 108 Å². The summed E-state index contributed by atoms with van der Waals surface area (Å²) in [5.74, 6) is -1.75. The molecule has 1 spiro atoms. The molecule has 4 aromatic rings. The summed E-state index contributed by atoms with van der Waals surface area (Å²) >= 11 is 0. The first-order valence-corrected chi connectivity index (χ1v) is 14.4. The predicted octanol–water partition coefficient (Wildman–Crippen LogP) is 6.35. The van der Waals surface area contributed by atoms with E-state index in [1.54, 1.807) is 7.11 Å². The molecule has 0 bridgehead atoms. The molecule has 1 aromatic heterocycles. The van der Waals surface area contributed by atoms with Gasteiger partial charge in [0.2, 0.25) is 5.91 Å². The average Bonchev–Trinajstić information content (AvgIpc) is 3.23. The number of halogens is 3. The number of likely N-dealkylation sites (tertiary alicyclic amines) is 1. The van der Waals surface area contributed by atoms with E-state index >= 15 is 0 Å². The van der Waals surface area contributed by atoms with Gasteiger partial charge in [0.05, 0.1) is 23.7 Å². The molecule has 228 valence electrons. The number of nitrogens with zero attached hydrogens (tertiary/aromatic N) is 2. The van der Waals surface area contributed by atoms with E-state index in [-0.39, 0.29) is 11.8 Å². The quantitative estimate of drug-likeness (QED) is 0.237. The van der Waals surface area contributed by atoms with E-state index in [0.717, 1.165) is 52.1 Å². The van der Waals surface area contributed by atoms with Crippen molar-refractivity contribution < 1.29 is 32.6 Å². The number of alkyl halides is 3. The summed E-state index contributed by atoms with van der Waals surface area (Å²) in [6.45, 7) is 3.47. The molecule has 1 saturated carbocycles. The molecule has 1 amide bonds. The Kier molecular flexibility index (Phi) is 7.66. The highest BCUT2D eigenvalue weighted by atomic mass is 19.4. The van der Waals surface area contributed by atoms with Crippen LogP contribution in [0.25, 0.3) is 23.1 Å². The second kappa shape index (κ2) is 11.5. The van der Waals surface area contributed by atoms with Crippen molar-refractivity contribution in [2.24, 2.45) is 0 Å². The fraction of sp³-hybridized carbons (Fsp3) is 0.303. The number of aliphatic carboxylic acids is 1. The highest BCUT2D eigenvalue weighted by Gasteiger charge is 2.65. The Labute approximate surface area is 251 Å². The van der Waals surface area contributed by atoms with Gasteiger partial charge in [0, 0.05) is 23.5 Å². The normalized spacial score (nSPS) is 20.9. The molecule has 3 heterocycles. The van der Waals surface area contributed by atoms with Gasteiger partial charge in [-0.1, -0.05) is 42.5 Å². The summed E-state index contributed by atoms with van der Waals surface area (Å²) in [5.41, 5.74) is 7.04. The predicted molar refractivity (Wildman–Crippen MR) is 160 cm³/mol. The van der Waals surface area contributed by atoms with E-state index in [9.17, 15) is 18.0 Å². The SMILES string of the molecule is COc1ccc2c(c1)[C@]1(C[C@H]1c1ccc3c(C=Cc4ccc(CN5CCCC5)cc4)n[nH]c3c1)C(=O)N2.O=C(O)C(F)(F)F. The van der Waals surface area contributed by atoms with Gasteiger partial charge >= 0.3 is 12.1 Å². The number of carbonyl (C=O) groups excluding carboxylic acids is 1. The number of fused-ring (bicyclic) bond motifs is 3. The van der Waals surface area contributed by atoms with Crippen molar-refractivity contribution >= 4 is 40.6 Å². The van der Waals surface area contributed by atoms with Crippen LogP contribution in [0.4, 0.5) is 18.9 Å². The molecule has 2 atom stereocenters. The van der Waals surface area contributed by atoms with Gasteiger partial charge in [-0.05, 0) is 84.9 Å². The lowest BCUT2D eigenvalue weighted by atomic mass is 9.91. The number of carboxylic acids is 1. The number of H-pyrrole nitrogens is 1.